The van der Waals surface area contributed by atoms with E-state index in [2.05, 4.69) is 24.0 Å². The number of amides is 2. The molecule has 27 heavy (non-hydrogen) atoms. The van der Waals surface area contributed by atoms with Crippen molar-refractivity contribution >= 4 is 22.7 Å². The Morgan fingerprint density at radius 3 is 2.81 bits per heavy atom. The van der Waals surface area contributed by atoms with Crippen molar-refractivity contribution in [3.63, 3.8) is 0 Å². The smallest absolute Gasteiger partial charge is 0.224 e. The van der Waals surface area contributed by atoms with Gasteiger partial charge in [-0.15, -0.1) is 0 Å². The van der Waals surface area contributed by atoms with Gasteiger partial charge in [-0.1, -0.05) is 25.1 Å². The standard InChI is InChI=1S/C22H31N3O2/c1-3-19-8-6-7-13-25(19)22(27)12-15-24(17(2)26)14-11-18-16-23-21-10-5-4-9-20(18)21/h4-5,9-10,16,19,23H,3,6-8,11-15H2,1-2H3. The fraction of sp³-hybridized carbons (Fsp3) is 0.545. The molecule has 2 aromatic rings. The van der Waals surface area contributed by atoms with Crippen molar-refractivity contribution in [3.8, 4) is 0 Å². The van der Waals surface area contributed by atoms with E-state index in [1.807, 2.05) is 28.1 Å². The normalized spacial score (nSPS) is 17.3. The van der Waals surface area contributed by atoms with Crippen LogP contribution < -0.4 is 0 Å². The van der Waals surface area contributed by atoms with Crippen molar-refractivity contribution in [2.45, 2.75) is 58.4 Å². The minimum atomic E-state index is 0.0355. The Hall–Kier alpha value is -2.30. The lowest BCUT2D eigenvalue weighted by Gasteiger charge is -2.35. The molecule has 1 aliphatic heterocycles. The molecule has 0 aliphatic carbocycles. The van der Waals surface area contributed by atoms with Gasteiger partial charge in [-0.3, -0.25) is 9.59 Å². The second-order valence-electron chi connectivity index (χ2n) is 7.51. The van der Waals surface area contributed by atoms with Gasteiger partial charge in [0.1, 0.15) is 0 Å². The van der Waals surface area contributed by atoms with Crippen molar-refractivity contribution in [3.05, 3.63) is 36.0 Å². The number of likely N-dealkylation sites (tertiary alicyclic amines) is 1. The quantitative estimate of drug-likeness (QED) is 0.808. The van der Waals surface area contributed by atoms with Gasteiger partial charge in [-0.05, 0) is 43.7 Å². The molecule has 3 rings (SSSR count). The van der Waals surface area contributed by atoms with Crippen LogP contribution in [0.25, 0.3) is 10.9 Å². The third-order valence-corrected chi connectivity index (χ3v) is 5.79. The molecule has 2 heterocycles. The molecule has 146 valence electrons. The molecular formula is C22H31N3O2. The Bertz CT molecular complexity index is 783. The van der Waals surface area contributed by atoms with Crippen LogP contribution in [-0.2, 0) is 16.0 Å². The van der Waals surface area contributed by atoms with Crippen LogP contribution in [-0.4, -0.2) is 52.3 Å². The topological polar surface area (TPSA) is 56.4 Å². The van der Waals surface area contributed by atoms with Crippen molar-refractivity contribution < 1.29 is 9.59 Å². The van der Waals surface area contributed by atoms with Crippen LogP contribution in [0, 0.1) is 0 Å². The highest BCUT2D eigenvalue weighted by Crippen LogP contribution is 2.21. The van der Waals surface area contributed by atoms with Gasteiger partial charge in [0.25, 0.3) is 0 Å². The minimum Gasteiger partial charge on any atom is -0.361 e. The van der Waals surface area contributed by atoms with Crippen LogP contribution in [0.15, 0.2) is 30.5 Å². The number of H-pyrrole nitrogens is 1. The lowest BCUT2D eigenvalue weighted by atomic mass is 9.99. The van der Waals surface area contributed by atoms with Crippen LogP contribution in [0.3, 0.4) is 0 Å². The molecule has 1 atom stereocenters. The average Bonchev–Trinajstić information content (AvgIpc) is 3.10. The summed E-state index contributed by atoms with van der Waals surface area (Å²) in [5, 5.41) is 1.20. The van der Waals surface area contributed by atoms with Gasteiger partial charge in [0.2, 0.25) is 11.8 Å². The fourth-order valence-corrected chi connectivity index (χ4v) is 4.15. The maximum atomic E-state index is 12.7. The van der Waals surface area contributed by atoms with E-state index in [9.17, 15) is 9.59 Å². The lowest BCUT2D eigenvalue weighted by Crippen LogP contribution is -2.44. The number of para-hydroxylation sites is 1. The summed E-state index contributed by atoms with van der Waals surface area (Å²) in [6, 6.07) is 8.58. The third kappa shape index (κ3) is 4.71. The Labute approximate surface area is 161 Å². The first-order valence-corrected chi connectivity index (χ1v) is 10.2. The van der Waals surface area contributed by atoms with E-state index >= 15 is 0 Å². The largest absolute Gasteiger partial charge is 0.361 e. The molecular weight excluding hydrogens is 338 g/mol. The number of nitrogens with zero attached hydrogens (tertiary/aromatic N) is 2. The van der Waals surface area contributed by atoms with E-state index in [1.54, 1.807) is 6.92 Å². The maximum absolute atomic E-state index is 12.7. The first kappa shape index (κ1) is 19.5. The SMILES string of the molecule is CCC1CCCCN1C(=O)CCN(CCc1c[nH]c2ccccc12)C(C)=O. The van der Waals surface area contributed by atoms with Crippen LogP contribution in [0.4, 0.5) is 0 Å². The molecule has 0 saturated carbocycles. The second-order valence-corrected chi connectivity index (χ2v) is 7.51. The van der Waals surface area contributed by atoms with E-state index in [0.717, 1.165) is 37.7 Å². The molecule has 1 N–H and O–H groups in total. The van der Waals surface area contributed by atoms with Crippen LogP contribution in [0.2, 0.25) is 0 Å². The summed E-state index contributed by atoms with van der Waals surface area (Å²) in [5.74, 6) is 0.230. The number of hydrogen-bond donors (Lipinski definition) is 1. The number of rotatable bonds is 7. The van der Waals surface area contributed by atoms with Crippen molar-refractivity contribution in [1.82, 2.24) is 14.8 Å². The first-order chi connectivity index (χ1) is 13.1. The molecule has 1 aliphatic rings. The molecule has 5 nitrogen and oxygen atoms in total. The Balaban J connectivity index is 1.56. The molecule has 1 aromatic heterocycles. The average molecular weight is 370 g/mol. The van der Waals surface area contributed by atoms with Crippen LogP contribution in [0.5, 0.6) is 0 Å². The van der Waals surface area contributed by atoms with Crippen LogP contribution in [0.1, 0.15) is 51.5 Å². The van der Waals surface area contributed by atoms with Crippen molar-refractivity contribution in [1.29, 1.82) is 0 Å². The van der Waals surface area contributed by atoms with E-state index in [0.29, 0.717) is 25.6 Å². The van der Waals surface area contributed by atoms with Crippen molar-refractivity contribution in [2.75, 3.05) is 19.6 Å². The molecule has 1 unspecified atom stereocenters. The van der Waals surface area contributed by atoms with Gasteiger partial charge in [-0.25, -0.2) is 0 Å². The number of benzene rings is 1. The zero-order valence-corrected chi connectivity index (χ0v) is 16.5. The van der Waals surface area contributed by atoms with Gasteiger partial charge in [0.15, 0.2) is 0 Å². The second kappa shape index (κ2) is 9.07. The monoisotopic (exact) mass is 369 g/mol. The Morgan fingerprint density at radius 2 is 2.04 bits per heavy atom. The van der Waals surface area contributed by atoms with Gasteiger partial charge >= 0.3 is 0 Å². The molecule has 1 fully saturated rings. The molecule has 2 amide bonds. The highest BCUT2D eigenvalue weighted by Gasteiger charge is 2.25. The third-order valence-electron chi connectivity index (χ3n) is 5.79. The van der Waals surface area contributed by atoms with E-state index in [1.165, 1.54) is 17.4 Å². The lowest BCUT2D eigenvalue weighted by molar-refractivity contribution is -0.136. The summed E-state index contributed by atoms with van der Waals surface area (Å²) >= 11 is 0. The number of carbonyl (C=O) groups is 2. The predicted molar refractivity (Wildman–Crippen MR) is 109 cm³/mol. The number of hydrogen-bond acceptors (Lipinski definition) is 2. The van der Waals surface area contributed by atoms with E-state index < -0.39 is 0 Å². The highest BCUT2D eigenvalue weighted by atomic mass is 16.2. The molecule has 5 heteroatoms. The zero-order valence-electron chi connectivity index (χ0n) is 16.5. The van der Waals surface area contributed by atoms with E-state index in [4.69, 9.17) is 0 Å². The summed E-state index contributed by atoms with van der Waals surface area (Å²) in [6.07, 6.45) is 7.67. The van der Waals surface area contributed by atoms with Gasteiger partial charge in [0, 0.05) is 56.1 Å². The molecule has 0 bridgehead atoms. The van der Waals surface area contributed by atoms with Gasteiger partial charge in [-0.2, -0.15) is 0 Å². The number of carbonyl (C=O) groups excluding carboxylic acids is 2. The Kier molecular flexibility index (Phi) is 6.54. The number of fused-ring (bicyclic) bond motifs is 1. The fourth-order valence-electron chi connectivity index (χ4n) is 4.15. The molecule has 1 aromatic carbocycles. The Morgan fingerprint density at radius 1 is 1.22 bits per heavy atom. The van der Waals surface area contributed by atoms with Gasteiger partial charge < -0.3 is 14.8 Å². The molecule has 1 saturated heterocycles. The number of piperidine rings is 1. The number of aromatic nitrogens is 1. The number of nitrogens with one attached hydrogen (secondary N) is 1. The van der Waals surface area contributed by atoms with Crippen molar-refractivity contribution in [2.24, 2.45) is 0 Å². The highest BCUT2D eigenvalue weighted by molar-refractivity contribution is 5.83. The zero-order chi connectivity index (χ0) is 19.2. The summed E-state index contributed by atoms with van der Waals surface area (Å²) in [7, 11) is 0. The van der Waals surface area contributed by atoms with Gasteiger partial charge in [0.05, 0.1) is 0 Å². The minimum absolute atomic E-state index is 0.0355. The number of aromatic amines is 1. The van der Waals surface area contributed by atoms with E-state index in [-0.39, 0.29) is 11.8 Å². The summed E-state index contributed by atoms with van der Waals surface area (Å²) in [4.78, 5) is 31.9. The molecule has 0 spiro atoms. The van der Waals surface area contributed by atoms with Crippen LogP contribution >= 0.6 is 0 Å². The summed E-state index contributed by atoms with van der Waals surface area (Å²) < 4.78 is 0. The first-order valence-electron chi connectivity index (χ1n) is 10.2. The predicted octanol–water partition coefficient (Wildman–Crippen LogP) is 3.74. The maximum Gasteiger partial charge on any atom is 0.224 e. The summed E-state index contributed by atoms with van der Waals surface area (Å²) in [5.41, 5.74) is 2.33. The molecule has 0 radical (unpaired) electrons. The summed E-state index contributed by atoms with van der Waals surface area (Å²) in [6.45, 7) is 5.76.